The number of nitrogens with one attached hydrogen (secondary N) is 1. The number of aromatic nitrogens is 4. The Morgan fingerprint density at radius 1 is 1.14 bits per heavy atom. The van der Waals surface area contributed by atoms with E-state index in [2.05, 4.69) is 20.7 Å². The summed E-state index contributed by atoms with van der Waals surface area (Å²) in [5, 5.41) is 16.3. The molecule has 0 bridgehead atoms. The third kappa shape index (κ3) is 6.19. The zero-order valence-corrected chi connectivity index (χ0v) is 21.6. The van der Waals surface area contributed by atoms with E-state index in [0.717, 1.165) is 44.1 Å². The quantitative estimate of drug-likeness (QED) is 0.452. The van der Waals surface area contributed by atoms with Crippen molar-refractivity contribution in [1.82, 2.24) is 30.4 Å². The Balaban J connectivity index is 1.40. The van der Waals surface area contributed by atoms with Crippen molar-refractivity contribution < 1.29 is 18.7 Å². The molecule has 2 atom stereocenters. The smallest absolute Gasteiger partial charge is 0.250 e. The van der Waals surface area contributed by atoms with Crippen LogP contribution in [0.25, 0.3) is 11.4 Å². The fourth-order valence-corrected chi connectivity index (χ4v) is 5.10. The van der Waals surface area contributed by atoms with Gasteiger partial charge in [-0.15, -0.1) is 10.2 Å². The molecule has 196 valence electrons. The van der Waals surface area contributed by atoms with E-state index in [9.17, 15) is 9.59 Å². The van der Waals surface area contributed by atoms with E-state index in [1.807, 2.05) is 6.92 Å². The first-order chi connectivity index (χ1) is 18.0. The Labute approximate surface area is 220 Å². The van der Waals surface area contributed by atoms with E-state index in [1.54, 1.807) is 41.3 Å². The second-order valence-corrected chi connectivity index (χ2v) is 10.1. The first-order valence-corrected chi connectivity index (χ1v) is 13.2. The Bertz CT molecular complexity index is 1210. The summed E-state index contributed by atoms with van der Waals surface area (Å²) in [6.07, 6.45) is 5.62. The number of nitrogens with zero attached hydrogens (tertiary/aromatic N) is 5. The molecular formula is C26H31ClN6O4. The van der Waals surface area contributed by atoms with Crippen molar-refractivity contribution in [2.75, 3.05) is 13.2 Å². The van der Waals surface area contributed by atoms with Crippen molar-refractivity contribution in [2.24, 2.45) is 0 Å². The molecule has 2 aromatic heterocycles. The van der Waals surface area contributed by atoms with Crippen LogP contribution in [0.2, 0.25) is 5.02 Å². The van der Waals surface area contributed by atoms with Crippen LogP contribution in [-0.2, 0) is 20.9 Å². The zero-order valence-electron chi connectivity index (χ0n) is 20.8. The molecule has 2 fully saturated rings. The second-order valence-electron chi connectivity index (χ2n) is 9.67. The van der Waals surface area contributed by atoms with Gasteiger partial charge in [-0.1, -0.05) is 24.4 Å². The SMILES string of the molecule is Cc1ccc([C@H](C(=O)NC2CCCC2)N(C[C@@H]2CCCO2)C(=O)Cn2nnc(-c3ccc(Cl)cc3)n2)o1. The van der Waals surface area contributed by atoms with Crippen LogP contribution < -0.4 is 5.32 Å². The molecule has 1 aliphatic carbocycles. The minimum atomic E-state index is -0.926. The maximum atomic E-state index is 13.8. The topological polar surface area (TPSA) is 115 Å². The maximum absolute atomic E-state index is 13.8. The summed E-state index contributed by atoms with van der Waals surface area (Å²) in [4.78, 5) is 30.2. The zero-order chi connectivity index (χ0) is 25.8. The molecule has 37 heavy (non-hydrogen) atoms. The molecule has 1 aromatic carbocycles. The highest BCUT2D eigenvalue weighted by molar-refractivity contribution is 6.30. The number of rotatable bonds is 9. The lowest BCUT2D eigenvalue weighted by Gasteiger charge is -2.32. The Morgan fingerprint density at radius 3 is 2.59 bits per heavy atom. The average Bonchev–Trinajstić information content (AvgIpc) is 3.69. The van der Waals surface area contributed by atoms with E-state index in [-0.39, 0.29) is 37.0 Å². The van der Waals surface area contributed by atoms with Gasteiger partial charge in [0.15, 0.2) is 6.04 Å². The van der Waals surface area contributed by atoms with Gasteiger partial charge in [-0.05, 0) is 74.2 Å². The number of halogens is 1. The van der Waals surface area contributed by atoms with Crippen molar-refractivity contribution in [1.29, 1.82) is 0 Å². The first-order valence-electron chi connectivity index (χ1n) is 12.8. The van der Waals surface area contributed by atoms with Crippen molar-refractivity contribution in [3.8, 4) is 11.4 Å². The average molecular weight is 527 g/mol. The Morgan fingerprint density at radius 2 is 1.92 bits per heavy atom. The number of furan rings is 1. The van der Waals surface area contributed by atoms with Crippen LogP contribution in [0.3, 0.4) is 0 Å². The van der Waals surface area contributed by atoms with Gasteiger partial charge in [0.05, 0.1) is 6.10 Å². The van der Waals surface area contributed by atoms with Crippen molar-refractivity contribution >= 4 is 23.4 Å². The van der Waals surface area contributed by atoms with Gasteiger partial charge in [0, 0.05) is 29.8 Å². The van der Waals surface area contributed by atoms with Gasteiger partial charge in [0.25, 0.3) is 5.91 Å². The van der Waals surface area contributed by atoms with Gasteiger partial charge in [-0.3, -0.25) is 9.59 Å². The first kappa shape index (κ1) is 25.4. The minimum absolute atomic E-state index is 0.102. The highest BCUT2D eigenvalue weighted by atomic mass is 35.5. The number of hydrogen-bond donors (Lipinski definition) is 1. The number of carbonyl (C=O) groups excluding carboxylic acids is 2. The standard InChI is InChI=1S/C26H31ClN6O4/c1-17-8-13-22(37-17)24(26(35)28-20-5-2-3-6-20)32(15-21-7-4-14-36-21)23(34)16-33-30-25(29-31-33)18-9-11-19(27)12-10-18/h8-13,20-21,24H,2-7,14-16H2,1H3,(H,28,35)/t21-,24+/m0/s1. The van der Waals surface area contributed by atoms with Gasteiger partial charge in [-0.2, -0.15) is 4.80 Å². The lowest BCUT2D eigenvalue weighted by atomic mass is 10.1. The third-order valence-electron chi connectivity index (χ3n) is 6.87. The summed E-state index contributed by atoms with van der Waals surface area (Å²) < 4.78 is 11.7. The minimum Gasteiger partial charge on any atom is -0.464 e. The highest BCUT2D eigenvalue weighted by Crippen LogP contribution is 2.28. The number of ether oxygens (including phenoxy) is 1. The number of carbonyl (C=O) groups is 2. The van der Waals surface area contributed by atoms with E-state index in [1.165, 1.54) is 4.80 Å². The van der Waals surface area contributed by atoms with E-state index >= 15 is 0 Å². The van der Waals surface area contributed by atoms with Crippen molar-refractivity contribution in [3.63, 3.8) is 0 Å². The molecule has 1 saturated heterocycles. The van der Waals surface area contributed by atoms with E-state index < -0.39 is 6.04 Å². The fourth-order valence-electron chi connectivity index (χ4n) is 4.97. The van der Waals surface area contributed by atoms with Crippen LogP contribution >= 0.6 is 11.6 Å². The van der Waals surface area contributed by atoms with E-state index in [4.69, 9.17) is 20.8 Å². The molecule has 1 saturated carbocycles. The molecule has 10 nitrogen and oxygen atoms in total. The monoisotopic (exact) mass is 526 g/mol. The molecule has 0 unspecified atom stereocenters. The predicted molar refractivity (Wildman–Crippen MR) is 136 cm³/mol. The predicted octanol–water partition coefficient (Wildman–Crippen LogP) is 3.70. The number of tetrazole rings is 1. The molecule has 0 radical (unpaired) electrons. The lowest BCUT2D eigenvalue weighted by Crippen LogP contribution is -2.49. The normalized spacial score (nSPS) is 18.7. The van der Waals surface area contributed by atoms with Gasteiger partial charge in [0.1, 0.15) is 18.1 Å². The van der Waals surface area contributed by atoms with E-state index in [0.29, 0.717) is 29.0 Å². The van der Waals surface area contributed by atoms with Crippen LogP contribution in [-0.4, -0.2) is 62.2 Å². The number of amides is 2. The Kier molecular flexibility index (Phi) is 7.85. The number of benzene rings is 1. The van der Waals surface area contributed by atoms with Gasteiger partial charge in [0.2, 0.25) is 11.7 Å². The van der Waals surface area contributed by atoms with Gasteiger partial charge < -0.3 is 19.4 Å². The molecule has 5 rings (SSSR count). The molecule has 11 heteroatoms. The van der Waals surface area contributed by atoms with Crippen LogP contribution in [0.1, 0.15) is 56.1 Å². The molecule has 3 heterocycles. The van der Waals surface area contributed by atoms with Gasteiger partial charge >= 0.3 is 0 Å². The van der Waals surface area contributed by atoms with Crippen LogP contribution in [0, 0.1) is 6.92 Å². The maximum Gasteiger partial charge on any atom is 0.250 e. The van der Waals surface area contributed by atoms with Crippen LogP contribution in [0.5, 0.6) is 0 Å². The van der Waals surface area contributed by atoms with Crippen molar-refractivity contribution in [3.05, 3.63) is 52.9 Å². The molecular weight excluding hydrogens is 496 g/mol. The summed E-state index contributed by atoms with van der Waals surface area (Å²) in [5.41, 5.74) is 0.735. The second kappa shape index (κ2) is 11.4. The lowest BCUT2D eigenvalue weighted by molar-refractivity contribution is -0.144. The third-order valence-corrected chi connectivity index (χ3v) is 7.12. The number of aryl methyl sites for hydroxylation is 1. The fraction of sp³-hybridized carbons (Fsp3) is 0.500. The molecule has 2 amide bonds. The summed E-state index contributed by atoms with van der Waals surface area (Å²) in [7, 11) is 0. The summed E-state index contributed by atoms with van der Waals surface area (Å²) >= 11 is 5.98. The van der Waals surface area contributed by atoms with Crippen LogP contribution in [0.4, 0.5) is 0 Å². The summed E-state index contributed by atoms with van der Waals surface area (Å²) in [6, 6.07) is 9.80. The van der Waals surface area contributed by atoms with Gasteiger partial charge in [-0.25, -0.2) is 0 Å². The molecule has 1 N–H and O–H groups in total. The molecule has 3 aromatic rings. The summed E-state index contributed by atoms with van der Waals surface area (Å²) in [6.45, 7) is 2.54. The largest absolute Gasteiger partial charge is 0.464 e. The Hall–Kier alpha value is -3.24. The molecule has 2 aliphatic rings. The molecule has 0 spiro atoms. The highest BCUT2D eigenvalue weighted by Gasteiger charge is 2.37. The summed E-state index contributed by atoms with van der Waals surface area (Å²) in [5.74, 6) is 0.904. The van der Waals surface area contributed by atoms with Crippen molar-refractivity contribution in [2.45, 2.75) is 70.2 Å². The number of hydrogen-bond acceptors (Lipinski definition) is 7. The molecule has 1 aliphatic heterocycles. The van der Waals surface area contributed by atoms with Crippen LogP contribution in [0.15, 0.2) is 40.8 Å².